The Morgan fingerprint density at radius 1 is 0.889 bits per heavy atom. The highest BCUT2D eigenvalue weighted by molar-refractivity contribution is 9.10. The molecule has 0 aliphatic heterocycles. The fourth-order valence-electron chi connectivity index (χ4n) is 1.99. The molecule has 0 spiro atoms. The lowest BCUT2D eigenvalue weighted by atomic mass is 10.1. The minimum absolute atomic E-state index is 1.10. The normalized spacial score (nSPS) is 11.4. The van der Waals surface area contributed by atoms with Crippen molar-refractivity contribution in [2.75, 3.05) is 0 Å². The SMILES string of the molecule is Brc1ccc(/C=C\c2c[nH]c3ccccc23)cc1. The third-order valence-electron chi connectivity index (χ3n) is 2.95. The van der Waals surface area contributed by atoms with E-state index < -0.39 is 0 Å². The molecule has 1 nitrogen and oxygen atoms in total. The van der Waals surface area contributed by atoms with Gasteiger partial charge in [0.25, 0.3) is 0 Å². The summed E-state index contributed by atoms with van der Waals surface area (Å²) in [6, 6.07) is 16.6. The number of aromatic amines is 1. The lowest BCUT2D eigenvalue weighted by Crippen LogP contribution is -1.71. The van der Waals surface area contributed by atoms with Gasteiger partial charge in [0, 0.05) is 21.6 Å². The van der Waals surface area contributed by atoms with Gasteiger partial charge in [-0.1, -0.05) is 58.4 Å². The molecule has 2 aromatic carbocycles. The molecule has 0 radical (unpaired) electrons. The van der Waals surface area contributed by atoms with Gasteiger partial charge in [-0.2, -0.15) is 0 Å². The van der Waals surface area contributed by atoms with Crippen LogP contribution in [0.5, 0.6) is 0 Å². The number of benzene rings is 2. The summed E-state index contributed by atoms with van der Waals surface area (Å²) < 4.78 is 1.10. The molecular weight excluding hydrogens is 286 g/mol. The van der Waals surface area contributed by atoms with Crippen LogP contribution in [0.25, 0.3) is 23.1 Å². The van der Waals surface area contributed by atoms with Gasteiger partial charge in [-0.25, -0.2) is 0 Å². The number of para-hydroxylation sites is 1. The Balaban J connectivity index is 1.94. The van der Waals surface area contributed by atoms with E-state index in [9.17, 15) is 0 Å². The monoisotopic (exact) mass is 297 g/mol. The maximum Gasteiger partial charge on any atom is 0.0460 e. The second-order valence-corrected chi connectivity index (χ2v) is 5.09. The van der Waals surface area contributed by atoms with E-state index in [2.05, 4.69) is 75.5 Å². The van der Waals surface area contributed by atoms with Crippen molar-refractivity contribution in [2.24, 2.45) is 0 Å². The minimum Gasteiger partial charge on any atom is -0.361 e. The third-order valence-corrected chi connectivity index (χ3v) is 3.48. The summed E-state index contributed by atoms with van der Waals surface area (Å²) in [5.74, 6) is 0. The van der Waals surface area contributed by atoms with Crippen LogP contribution in [0.1, 0.15) is 11.1 Å². The average molecular weight is 298 g/mol. The summed E-state index contributed by atoms with van der Waals surface area (Å²) in [5.41, 5.74) is 3.59. The zero-order chi connectivity index (χ0) is 12.4. The summed E-state index contributed by atoms with van der Waals surface area (Å²) in [4.78, 5) is 3.27. The van der Waals surface area contributed by atoms with Crippen LogP contribution in [-0.4, -0.2) is 4.98 Å². The molecule has 3 aromatic rings. The molecule has 0 fully saturated rings. The highest BCUT2D eigenvalue weighted by Crippen LogP contribution is 2.20. The van der Waals surface area contributed by atoms with Crippen molar-refractivity contribution in [2.45, 2.75) is 0 Å². The van der Waals surface area contributed by atoms with Crippen molar-refractivity contribution < 1.29 is 0 Å². The first-order chi connectivity index (χ1) is 8.83. The van der Waals surface area contributed by atoms with Gasteiger partial charge in [0.15, 0.2) is 0 Å². The van der Waals surface area contributed by atoms with Crippen molar-refractivity contribution in [3.8, 4) is 0 Å². The van der Waals surface area contributed by atoms with Crippen LogP contribution in [0, 0.1) is 0 Å². The number of hydrogen-bond acceptors (Lipinski definition) is 0. The summed E-state index contributed by atoms with van der Waals surface area (Å²) in [6.45, 7) is 0. The fraction of sp³-hybridized carbons (Fsp3) is 0. The standard InChI is InChI=1S/C16H12BrN/c17-14-9-6-12(7-10-14)5-8-13-11-18-16-4-2-1-3-15(13)16/h1-11,18H/b8-5-. The summed E-state index contributed by atoms with van der Waals surface area (Å²) in [6.07, 6.45) is 6.31. The third kappa shape index (κ3) is 2.24. The van der Waals surface area contributed by atoms with Gasteiger partial charge in [-0.15, -0.1) is 0 Å². The predicted molar refractivity (Wildman–Crippen MR) is 81.4 cm³/mol. The van der Waals surface area contributed by atoms with Crippen LogP contribution < -0.4 is 0 Å². The maximum atomic E-state index is 3.44. The van der Waals surface area contributed by atoms with E-state index >= 15 is 0 Å². The summed E-state index contributed by atoms with van der Waals surface area (Å²) >= 11 is 3.44. The molecule has 0 atom stereocenters. The molecule has 0 aliphatic rings. The van der Waals surface area contributed by atoms with Gasteiger partial charge in [0.2, 0.25) is 0 Å². The van der Waals surface area contributed by atoms with Crippen LogP contribution in [0.2, 0.25) is 0 Å². The van der Waals surface area contributed by atoms with E-state index in [0.717, 1.165) is 4.47 Å². The van der Waals surface area contributed by atoms with Crippen molar-refractivity contribution in [1.29, 1.82) is 0 Å². The highest BCUT2D eigenvalue weighted by Gasteiger charge is 1.98. The first-order valence-electron chi connectivity index (χ1n) is 5.83. The average Bonchev–Trinajstić information content (AvgIpc) is 2.82. The van der Waals surface area contributed by atoms with Crippen LogP contribution in [0.15, 0.2) is 59.2 Å². The molecule has 0 unspecified atom stereocenters. The first kappa shape index (κ1) is 11.3. The van der Waals surface area contributed by atoms with E-state index in [1.807, 2.05) is 12.3 Å². The first-order valence-corrected chi connectivity index (χ1v) is 6.62. The van der Waals surface area contributed by atoms with Crippen LogP contribution in [0.4, 0.5) is 0 Å². The van der Waals surface area contributed by atoms with Gasteiger partial charge in [-0.05, 0) is 29.3 Å². The van der Waals surface area contributed by atoms with Crippen molar-refractivity contribution >= 4 is 39.0 Å². The van der Waals surface area contributed by atoms with Crippen LogP contribution in [0.3, 0.4) is 0 Å². The Morgan fingerprint density at radius 2 is 1.67 bits per heavy atom. The maximum absolute atomic E-state index is 3.44. The van der Waals surface area contributed by atoms with E-state index in [-0.39, 0.29) is 0 Å². The number of hydrogen-bond donors (Lipinski definition) is 1. The molecule has 2 heteroatoms. The van der Waals surface area contributed by atoms with Crippen molar-refractivity contribution in [3.05, 3.63) is 70.3 Å². The Hall–Kier alpha value is -1.80. The van der Waals surface area contributed by atoms with E-state index in [4.69, 9.17) is 0 Å². The van der Waals surface area contributed by atoms with Gasteiger partial charge < -0.3 is 4.98 Å². The largest absolute Gasteiger partial charge is 0.361 e. The Labute approximate surface area is 114 Å². The lowest BCUT2D eigenvalue weighted by molar-refractivity contribution is 1.47. The molecule has 0 saturated carbocycles. The lowest BCUT2D eigenvalue weighted by Gasteiger charge is -1.94. The number of rotatable bonds is 2. The van der Waals surface area contributed by atoms with Crippen molar-refractivity contribution in [1.82, 2.24) is 4.98 Å². The molecule has 0 amide bonds. The molecule has 18 heavy (non-hydrogen) atoms. The number of nitrogens with one attached hydrogen (secondary N) is 1. The van der Waals surface area contributed by atoms with E-state index in [0.29, 0.717) is 0 Å². The summed E-state index contributed by atoms with van der Waals surface area (Å²) in [5, 5.41) is 1.26. The number of fused-ring (bicyclic) bond motifs is 1. The van der Waals surface area contributed by atoms with Gasteiger partial charge >= 0.3 is 0 Å². The zero-order valence-corrected chi connectivity index (χ0v) is 11.3. The van der Waals surface area contributed by atoms with E-state index in [1.54, 1.807) is 0 Å². The zero-order valence-electron chi connectivity index (χ0n) is 9.73. The van der Waals surface area contributed by atoms with E-state index in [1.165, 1.54) is 22.0 Å². The van der Waals surface area contributed by atoms with Gasteiger partial charge in [0.05, 0.1) is 0 Å². The summed E-state index contributed by atoms with van der Waals surface area (Å²) in [7, 11) is 0. The molecule has 1 aromatic heterocycles. The predicted octanol–water partition coefficient (Wildman–Crippen LogP) is 5.10. The Bertz CT molecular complexity index is 692. The fourth-order valence-corrected chi connectivity index (χ4v) is 2.26. The second kappa shape index (κ2) is 4.83. The molecule has 0 saturated heterocycles. The molecule has 0 bridgehead atoms. The van der Waals surface area contributed by atoms with Crippen molar-refractivity contribution in [3.63, 3.8) is 0 Å². The Kier molecular flexibility index (Phi) is 3.03. The second-order valence-electron chi connectivity index (χ2n) is 4.17. The van der Waals surface area contributed by atoms with Crippen LogP contribution >= 0.6 is 15.9 Å². The smallest absolute Gasteiger partial charge is 0.0460 e. The molecule has 88 valence electrons. The van der Waals surface area contributed by atoms with Crippen LogP contribution in [-0.2, 0) is 0 Å². The Morgan fingerprint density at radius 3 is 2.50 bits per heavy atom. The minimum atomic E-state index is 1.10. The molecule has 0 aliphatic carbocycles. The molecule has 3 rings (SSSR count). The topological polar surface area (TPSA) is 15.8 Å². The molecular formula is C16H12BrN. The quantitative estimate of drug-likeness (QED) is 0.677. The number of halogens is 1. The highest BCUT2D eigenvalue weighted by atomic mass is 79.9. The van der Waals surface area contributed by atoms with Gasteiger partial charge in [0.1, 0.15) is 0 Å². The van der Waals surface area contributed by atoms with Gasteiger partial charge in [-0.3, -0.25) is 0 Å². The number of H-pyrrole nitrogens is 1. The molecule has 1 N–H and O–H groups in total. The number of aromatic nitrogens is 1. The molecule has 1 heterocycles.